The molecule has 0 aromatic carbocycles. The van der Waals surface area contributed by atoms with E-state index in [1.54, 1.807) is 10.7 Å². The van der Waals surface area contributed by atoms with Gasteiger partial charge in [-0.3, -0.25) is 4.79 Å². The second kappa shape index (κ2) is 5.53. The van der Waals surface area contributed by atoms with Crippen LogP contribution in [0.25, 0.3) is 0 Å². The van der Waals surface area contributed by atoms with E-state index in [1.165, 1.54) is 7.05 Å². The van der Waals surface area contributed by atoms with E-state index in [2.05, 4.69) is 10.4 Å². The lowest BCUT2D eigenvalue weighted by Crippen LogP contribution is -2.35. The highest BCUT2D eigenvalue weighted by atomic mass is 32.2. The predicted octanol–water partition coefficient (Wildman–Crippen LogP) is 0.776. The first-order valence-electron chi connectivity index (χ1n) is 6.19. The summed E-state index contributed by atoms with van der Waals surface area (Å²) in [5.74, 6) is 0.158. The molecule has 0 atom stereocenters. The molecule has 1 N–H and O–H groups in total. The summed E-state index contributed by atoms with van der Waals surface area (Å²) < 4.78 is 25.3. The monoisotopic (exact) mass is 302 g/mol. The first-order chi connectivity index (χ1) is 8.91. The molecule has 1 aromatic heterocycles. The average molecular weight is 302 g/mol. The minimum absolute atomic E-state index is 0.229. The lowest BCUT2D eigenvalue weighted by atomic mass is 10.1. The Morgan fingerprint density at radius 3 is 2.45 bits per heavy atom. The van der Waals surface area contributed by atoms with Gasteiger partial charge in [0.15, 0.2) is 0 Å². The second-order valence-corrected chi connectivity index (χ2v) is 7.91. The minimum atomic E-state index is -3.37. The Labute approximate surface area is 120 Å². The van der Waals surface area contributed by atoms with Crippen LogP contribution in [0.1, 0.15) is 26.5 Å². The third-order valence-electron chi connectivity index (χ3n) is 2.67. The van der Waals surface area contributed by atoms with Gasteiger partial charge < -0.3 is 5.32 Å². The fourth-order valence-electron chi connectivity index (χ4n) is 1.60. The van der Waals surface area contributed by atoms with Crippen molar-refractivity contribution in [2.45, 2.75) is 33.2 Å². The first-order valence-corrected chi connectivity index (χ1v) is 8.04. The van der Waals surface area contributed by atoms with Gasteiger partial charge in [-0.25, -0.2) is 13.1 Å². The molecule has 0 radical (unpaired) electrons. The summed E-state index contributed by atoms with van der Waals surface area (Å²) in [6, 6.07) is 1.75. The van der Waals surface area contributed by atoms with Crippen molar-refractivity contribution in [1.82, 2.24) is 14.1 Å². The number of nitrogens with zero attached hydrogens (tertiary/aromatic N) is 3. The summed E-state index contributed by atoms with van der Waals surface area (Å²) in [6.07, 6.45) is 1.06. The normalized spacial score (nSPS) is 12.8. The van der Waals surface area contributed by atoms with Crippen LogP contribution in [0.4, 0.5) is 5.82 Å². The Hall–Kier alpha value is -1.41. The number of hydrogen-bond acceptors (Lipinski definition) is 4. The number of rotatable bonds is 4. The molecule has 0 aliphatic carbocycles. The van der Waals surface area contributed by atoms with Crippen LogP contribution in [0.3, 0.4) is 0 Å². The summed E-state index contributed by atoms with van der Waals surface area (Å²) >= 11 is 0. The summed E-state index contributed by atoms with van der Waals surface area (Å²) in [5, 5.41) is 7.03. The lowest BCUT2D eigenvalue weighted by Gasteiger charge is -2.22. The Morgan fingerprint density at radius 2 is 2.00 bits per heavy atom. The Balaban J connectivity index is 2.87. The molecule has 0 fully saturated rings. The summed E-state index contributed by atoms with van der Waals surface area (Å²) in [6.45, 7) is 7.51. The number of hydrogen-bond donors (Lipinski definition) is 1. The van der Waals surface area contributed by atoms with Crippen LogP contribution in [0, 0.1) is 6.92 Å². The van der Waals surface area contributed by atoms with E-state index in [0.29, 0.717) is 5.82 Å². The number of sulfonamides is 1. The van der Waals surface area contributed by atoms with Crippen molar-refractivity contribution in [2.75, 3.05) is 25.2 Å². The van der Waals surface area contributed by atoms with Gasteiger partial charge in [-0.2, -0.15) is 9.40 Å². The zero-order valence-corrected chi connectivity index (χ0v) is 13.6. The molecule has 0 bridgehead atoms. The topological polar surface area (TPSA) is 84.3 Å². The number of carbonyl (C=O) groups excluding carboxylic acids is 1. The molecule has 1 amide bonds. The number of aryl methyl sites for hydroxylation is 1. The van der Waals surface area contributed by atoms with Crippen molar-refractivity contribution in [3.63, 3.8) is 0 Å². The third kappa shape index (κ3) is 4.31. The first kappa shape index (κ1) is 16.6. The maximum atomic E-state index is 11.9. The molecule has 0 saturated heterocycles. The minimum Gasteiger partial charge on any atom is -0.310 e. The molecule has 7 nitrogen and oxygen atoms in total. The van der Waals surface area contributed by atoms with E-state index < -0.39 is 15.9 Å². The lowest BCUT2D eigenvalue weighted by molar-refractivity contribution is -0.116. The van der Waals surface area contributed by atoms with Crippen LogP contribution in [0.5, 0.6) is 0 Å². The SMILES string of the molecule is Cc1cc(NC(=O)CN(C)S(C)(=O)=O)n(C(C)(C)C)n1. The molecule has 20 heavy (non-hydrogen) atoms. The summed E-state index contributed by atoms with van der Waals surface area (Å²) in [5.41, 5.74) is 0.506. The highest BCUT2D eigenvalue weighted by molar-refractivity contribution is 7.88. The average Bonchev–Trinajstić information content (AvgIpc) is 2.57. The van der Waals surface area contributed by atoms with Crippen LogP contribution in [-0.2, 0) is 20.4 Å². The fourth-order valence-corrected chi connectivity index (χ4v) is 1.95. The van der Waals surface area contributed by atoms with Gasteiger partial charge in [-0.15, -0.1) is 0 Å². The standard InChI is InChI=1S/C12H22N4O3S/c1-9-7-10(16(14-9)12(2,3)4)13-11(17)8-15(5)20(6,18)19/h7H,8H2,1-6H3,(H,13,17). The molecule has 0 aliphatic rings. The molecular formula is C12H22N4O3S. The van der Waals surface area contributed by atoms with E-state index in [4.69, 9.17) is 0 Å². The van der Waals surface area contributed by atoms with Crippen LogP contribution < -0.4 is 5.32 Å². The van der Waals surface area contributed by atoms with E-state index >= 15 is 0 Å². The highest BCUT2D eigenvalue weighted by Gasteiger charge is 2.21. The zero-order chi connectivity index (χ0) is 15.7. The van der Waals surface area contributed by atoms with E-state index in [9.17, 15) is 13.2 Å². The van der Waals surface area contributed by atoms with E-state index in [1.807, 2.05) is 27.7 Å². The van der Waals surface area contributed by atoms with Crippen molar-refractivity contribution < 1.29 is 13.2 Å². The maximum Gasteiger partial charge on any atom is 0.240 e. The Kier molecular flexibility index (Phi) is 4.60. The number of aromatic nitrogens is 2. The summed E-state index contributed by atoms with van der Waals surface area (Å²) in [4.78, 5) is 11.9. The van der Waals surface area contributed by atoms with Crippen molar-refractivity contribution >= 4 is 21.7 Å². The smallest absolute Gasteiger partial charge is 0.240 e. The number of anilines is 1. The molecule has 0 aliphatic heterocycles. The molecule has 1 rings (SSSR count). The van der Waals surface area contributed by atoms with Crippen LogP contribution >= 0.6 is 0 Å². The van der Waals surface area contributed by atoms with Gasteiger partial charge in [0.25, 0.3) is 0 Å². The zero-order valence-electron chi connectivity index (χ0n) is 12.8. The molecule has 1 heterocycles. The van der Waals surface area contributed by atoms with Crippen LogP contribution in [-0.4, -0.2) is 48.3 Å². The number of nitrogens with one attached hydrogen (secondary N) is 1. The Morgan fingerprint density at radius 1 is 1.45 bits per heavy atom. The fraction of sp³-hybridized carbons (Fsp3) is 0.667. The van der Waals surface area contributed by atoms with Gasteiger partial charge >= 0.3 is 0 Å². The summed E-state index contributed by atoms with van der Waals surface area (Å²) in [7, 11) is -2.01. The van der Waals surface area contributed by atoms with Crippen LogP contribution in [0.15, 0.2) is 6.07 Å². The van der Waals surface area contributed by atoms with E-state index in [0.717, 1.165) is 16.3 Å². The molecule has 0 unspecified atom stereocenters. The van der Waals surface area contributed by atoms with Crippen molar-refractivity contribution in [3.8, 4) is 0 Å². The Bertz CT molecular complexity index is 599. The molecule has 0 saturated carbocycles. The van der Waals surface area contributed by atoms with Gasteiger partial charge in [-0.1, -0.05) is 0 Å². The van der Waals surface area contributed by atoms with Crippen molar-refractivity contribution in [2.24, 2.45) is 0 Å². The van der Waals surface area contributed by atoms with Gasteiger partial charge in [-0.05, 0) is 27.7 Å². The molecule has 1 aromatic rings. The predicted molar refractivity (Wildman–Crippen MR) is 78.1 cm³/mol. The largest absolute Gasteiger partial charge is 0.310 e. The molecular weight excluding hydrogens is 280 g/mol. The van der Waals surface area contributed by atoms with E-state index in [-0.39, 0.29) is 12.1 Å². The molecule has 114 valence electrons. The van der Waals surface area contributed by atoms with Gasteiger partial charge in [0.05, 0.1) is 24.0 Å². The van der Waals surface area contributed by atoms with Gasteiger partial charge in [0, 0.05) is 13.1 Å². The molecule has 8 heteroatoms. The van der Waals surface area contributed by atoms with Crippen LogP contribution in [0.2, 0.25) is 0 Å². The number of carbonyl (C=O) groups is 1. The van der Waals surface area contributed by atoms with Gasteiger partial charge in [0.2, 0.25) is 15.9 Å². The quantitative estimate of drug-likeness (QED) is 0.890. The van der Waals surface area contributed by atoms with Crippen molar-refractivity contribution in [3.05, 3.63) is 11.8 Å². The molecule has 0 spiro atoms. The number of amides is 1. The van der Waals surface area contributed by atoms with Crippen molar-refractivity contribution in [1.29, 1.82) is 0 Å². The maximum absolute atomic E-state index is 11.9. The number of likely N-dealkylation sites (N-methyl/N-ethyl adjacent to an activating group) is 1. The third-order valence-corrected chi connectivity index (χ3v) is 3.93. The van der Waals surface area contributed by atoms with Gasteiger partial charge in [0.1, 0.15) is 5.82 Å². The second-order valence-electron chi connectivity index (χ2n) is 5.82. The highest BCUT2D eigenvalue weighted by Crippen LogP contribution is 2.21.